The molecule has 1 N–H and O–H groups in total. The highest BCUT2D eigenvalue weighted by molar-refractivity contribution is 7.21. The van der Waals surface area contributed by atoms with E-state index in [4.69, 9.17) is 4.74 Å². The van der Waals surface area contributed by atoms with Gasteiger partial charge < -0.3 is 9.72 Å². The Balaban J connectivity index is 1.72. The van der Waals surface area contributed by atoms with Crippen molar-refractivity contribution < 1.29 is 4.74 Å². The molecule has 0 spiro atoms. The van der Waals surface area contributed by atoms with E-state index in [1.807, 2.05) is 60.7 Å². The molecule has 0 aliphatic carbocycles. The van der Waals surface area contributed by atoms with Gasteiger partial charge in [-0.2, -0.15) is 0 Å². The van der Waals surface area contributed by atoms with Gasteiger partial charge in [-0.15, -0.1) is 11.3 Å². The molecule has 26 heavy (non-hydrogen) atoms. The summed E-state index contributed by atoms with van der Waals surface area (Å²) in [4.78, 5) is 21.9. The number of fused-ring (bicyclic) bond motifs is 1. The third-order valence-corrected chi connectivity index (χ3v) is 5.14. The maximum Gasteiger partial charge on any atom is 0.259 e. The Morgan fingerprint density at radius 1 is 1.04 bits per heavy atom. The van der Waals surface area contributed by atoms with E-state index in [1.165, 1.54) is 11.3 Å². The van der Waals surface area contributed by atoms with Crippen molar-refractivity contribution in [1.82, 2.24) is 9.97 Å². The lowest BCUT2D eigenvalue weighted by Crippen LogP contribution is -2.07. The van der Waals surface area contributed by atoms with Crippen molar-refractivity contribution in [2.45, 2.75) is 13.3 Å². The zero-order valence-electron chi connectivity index (χ0n) is 14.4. The van der Waals surface area contributed by atoms with Crippen molar-refractivity contribution in [1.29, 1.82) is 0 Å². The third kappa shape index (κ3) is 3.26. The molecule has 0 bridgehead atoms. The van der Waals surface area contributed by atoms with Crippen molar-refractivity contribution in [2.24, 2.45) is 0 Å². The number of aromatic nitrogens is 2. The van der Waals surface area contributed by atoms with Crippen molar-refractivity contribution in [3.8, 4) is 27.6 Å². The van der Waals surface area contributed by atoms with Gasteiger partial charge in [0.15, 0.2) is 0 Å². The highest BCUT2D eigenvalue weighted by Gasteiger charge is 2.11. The molecule has 4 aromatic rings. The summed E-state index contributed by atoms with van der Waals surface area (Å²) in [5.74, 6) is 1.40. The second-order valence-corrected chi connectivity index (χ2v) is 7.01. The lowest BCUT2D eigenvalue weighted by molar-refractivity contribution is 0.317. The standard InChI is InChI=1S/C21H18N2O2S/c1-2-12-25-16-10-8-15(9-11-16)19-22-20(24)17-13-18(26-21(17)23-19)14-6-4-3-5-7-14/h3-11,13H,2,12H2,1H3,(H,22,23,24). The van der Waals surface area contributed by atoms with E-state index in [0.717, 1.165) is 33.0 Å². The number of rotatable bonds is 5. The Morgan fingerprint density at radius 3 is 2.54 bits per heavy atom. The monoisotopic (exact) mass is 362 g/mol. The summed E-state index contributed by atoms with van der Waals surface area (Å²) in [6.45, 7) is 2.76. The number of nitrogens with zero attached hydrogens (tertiary/aromatic N) is 1. The fraction of sp³-hybridized carbons (Fsp3) is 0.143. The van der Waals surface area contributed by atoms with Crippen molar-refractivity contribution >= 4 is 21.6 Å². The number of nitrogens with one attached hydrogen (secondary N) is 1. The van der Waals surface area contributed by atoms with Crippen LogP contribution >= 0.6 is 11.3 Å². The number of thiophene rings is 1. The van der Waals surface area contributed by atoms with Crippen LogP contribution in [0.1, 0.15) is 13.3 Å². The van der Waals surface area contributed by atoms with Gasteiger partial charge in [-0.25, -0.2) is 4.98 Å². The quantitative estimate of drug-likeness (QED) is 0.537. The van der Waals surface area contributed by atoms with Gasteiger partial charge in [0.25, 0.3) is 5.56 Å². The number of hydrogen-bond donors (Lipinski definition) is 1. The molecule has 4 nitrogen and oxygen atoms in total. The fourth-order valence-electron chi connectivity index (χ4n) is 2.74. The van der Waals surface area contributed by atoms with Crippen LogP contribution in [-0.2, 0) is 0 Å². The molecule has 0 unspecified atom stereocenters. The molecular formula is C21H18N2O2S. The van der Waals surface area contributed by atoms with E-state index >= 15 is 0 Å². The van der Waals surface area contributed by atoms with Gasteiger partial charge in [0.1, 0.15) is 16.4 Å². The first-order chi connectivity index (χ1) is 12.7. The summed E-state index contributed by atoms with van der Waals surface area (Å²) >= 11 is 1.53. The van der Waals surface area contributed by atoms with Gasteiger partial charge >= 0.3 is 0 Å². The molecule has 5 heteroatoms. The number of ether oxygens (including phenoxy) is 1. The van der Waals surface area contributed by atoms with Crippen LogP contribution in [0.15, 0.2) is 65.5 Å². The molecular weight excluding hydrogens is 344 g/mol. The summed E-state index contributed by atoms with van der Waals surface area (Å²) in [6.07, 6.45) is 0.968. The minimum absolute atomic E-state index is 0.116. The van der Waals surface area contributed by atoms with Crippen LogP contribution in [0.4, 0.5) is 0 Å². The Kier molecular flexibility index (Phi) is 4.54. The van der Waals surface area contributed by atoms with Crippen molar-refractivity contribution in [3.63, 3.8) is 0 Å². The topological polar surface area (TPSA) is 55.0 Å². The van der Waals surface area contributed by atoms with Crippen LogP contribution in [0, 0.1) is 0 Å². The SMILES string of the molecule is CCCOc1ccc(-c2nc3sc(-c4ccccc4)cc3c(=O)[nH]2)cc1. The second kappa shape index (κ2) is 7.14. The van der Waals surface area contributed by atoms with E-state index in [2.05, 4.69) is 16.9 Å². The molecule has 0 aliphatic rings. The number of hydrogen-bond acceptors (Lipinski definition) is 4. The van der Waals surface area contributed by atoms with Crippen LogP contribution in [0.25, 0.3) is 32.0 Å². The number of aromatic amines is 1. The Labute approximate surface area is 155 Å². The van der Waals surface area contributed by atoms with Crippen LogP contribution in [0.5, 0.6) is 5.75 Å². The Morgan fingerprint density at radius 2 is 1.81 bits per heavy atom. The lowest BCUT2D eigenvalue weighted by Gasteiger charge is -2.05. The highest BCUT2D eigenvalue weighted by atomic mass is 32.1. The minimum atomic E-state index is -0.116. The average Bonchev–Trinajstić information content (AvgIpc) is 3.12. The first-order valence-electron chi connectivity index (χ1n) is 8.57. The molecule has 0 atom stereocenters. The summed E-state index contributed by atoms with van der Waals surface area (Å²) in [6, 6.07) is 19.6. The smallest absolute Gasteiger partial charge is 0.259 e. The predicted octanol–water partition coefficient (Wildman–Crippen LogP) is 5.11. The molecule has 0 aliphatic heterocycles. The van der Waals surface area contributed by atoms with Gasteiger partial charge in [0.2, 0.25) is 0 Å². The van der Waals surface area contributed by atoms with Crippen molar-refractivity contribution in [2.75, 3.05) is 6.61 Å². The van der Waals surface area contributed by atoms with Crippen molar-refractivity contribution in [3.05, 3.63) is 71.0 Å². The van der Waals surface area contributed by atoms with E-state index in [0.29, 0.717) is 17.8 Å². The predicted molar refractivity (Wildman–Crippen MR) is 107 cm³/mol. The Bertz CT molecular complexity index is 1080. The number of benzene rings is 2. The zero-order valence-corrected chi connectivity index (χ0v) is 15.2. The molecule has 0 saturated carbocycles. The molecule has 4 rings (SSSR count). The van der Waals surface area contributed by atoms with Gasteiger partial charge in [-0.3, -0.25) is 4.79 Å². The first kappa shape index (κ1) is 16.5. The van der Waals surface area contributed by atoms with Crippen LogP contribution in [-0.4, -0.2) is 16.6 Å². The average molecular weight is 362 g/mol. The van der Waals surface area contributed by atoms with Crippen LogP contribution in [0.3, 0.4) is 0 Å². The summed E-state index contributed by atoms with van der Waals surface area (Å²) < 4.78 is 5.60. The van der Waals surface area contributed by atoms with E-state index in [-0.39, 0.29) is 5.56 Å². The second-order valence-electron chi connectivity index (χ2n) is 5.98. The minimum Gasteiger partial charge on any atom is -0.494 e. The van der Waals surface area contributed by atoms with Gasteiger partial charge in [0, 0.05) is 10.4 Å². The molecule has 2 aromatic carbocycles. The maximum atomic E-state index is 12.5. The fourth-order valence-corrected chi connectivity index (χ4v) is 3.78. The molecule has 0 fully saturated rings. The van der Waals surface area contributed by atoms with Crippen LogP contribution < -0.4 is 10.3 Å². The molecule has 130 valence electrons. The largest absolute Gasteiger partial charge is 0.494 e. The lowest BCUT2D eigenvalue weighted by atomic mass is 10.2. The Hall–Kier alpha value is -2.92. The third-order valence-electron chi connectivity index (χ3n) is 4.06. The van der Waals surface area contributed by atoms with Gasteiger partial charge in [0.05, 0.1) is 12.0 Å². The maximum absolute atomic E-state index is 12.5. The molecule has 2 aromatic heterocycles. The van der Waals surface area contributed by atoms with E-state index in [9.17, 15) is 4.79 Å². The molecule has 2 heterocycles. The van der Waals surface area contributed by atoms with E-state index < -0.39 is 0 Å². The zero-order chi connectivity index (χ0) is 17.9. The molecule has 0 radical (unpaired) electrons. The van der Waals surface area contributed by atoms with Gasteiger partial charge in [-0.1, -0.05) is 37.3 Å². The summed E-state index contributed by atoms with van der Waals surface area (Å²) in [7, 11) is 0. The normalized spacial score (nSPS) is 11.0. The summed E-state index contributed by atoms with van der Waals surface area (Å²) in [5.41, 5.74) is 1.84. The molecule has 0 saturated heterocycles. The number of H-pyrrole nitrogens is 1. The molecule has 0 amide bonds. The first-order valence-corrected chi connectivity index (χ1v) is 9.39. The highest BCUT2D eigenvalue weighted by Crippen LogP contribution is 2.31. The summed E-state index contributed by atoms with van der Waals surface area (Å²) in [5, 5.41) is 0.625. The van der Waals surface area contributed by atoms with Gasteiger partial charge in [-0.05, 0) is 42.3 Å². The van der Waals surface area contributed by atoms with Crippen LogP contribution in [0.2, 0.25) is 0 Å². The van der Waals surface area contributed by atoms with E-state index in [1.54, 1.807) is 0 Å².